The zero-order valence-electron chi connectivity index (χ0n) is 13.2. The number of aryl methyl sites for hydroxylation is 1. The minimum absolute atomic E-state index is 0.0718. The molecule has 0 spiro atoms. The van der Waals surface area contributed by atoms with Crippen molar-refractivity contribution >= 4 is 11.3 Å². The third kappa shape index (κ3) is 4.35. The monoisotopic (exact) mass is 303 g/mol. The minimum atomic E-state index is -0.0718. The van der Waals surface area contributed by atoms with Crippen LogP contribution in [-0.4, -0.2) is 23.3 Å². The Hall–Kier alpha value is -1.26. The average Bonchev–Trinajstić information content (AvgIpc) is 2.98. The predicted octanol–water partition coefficient (Wildman–Crippen LogP) is 3.80. The van der Waals surface area contributed by atoms with Crippen LogP contribution in [0.25, 0.3) is 0 Å². The maximum Gasteiger partial charge on any atom is 0.127 e. The van der Waals surface area contributed by atoms with E-state index in [0.717, 1.165) is 35.9 Å². The first-order chi connectivity index (χ1) is 10.1. The molecule has 0 saturated carbocycles. The lowest BCUT2D eigenvalue weighted by Gasteiger charge is -2.21. The summed E-state index contributed by atoms with van der Waals surface area (Å²) in [4.78, 5) is 0. The molecule has 4 heteroatoms. The number of nitrogens with one attached hydrogen (secondary N) is 1. The van der Waals surface area contributed by atoms with Crippen LogP contribution in [0.1, 0.15) is 49.2 Å². The fourth-order valence-corrected chi connectivity index (χ4v) is 3.26. The summed E-state index contributed by atoms with van der Waals surface area (Å²) in [5.41, 5.74) is 1.22. The molecule has 2 aromatic rings. The predicted molar refractivity (Wildman–Crippen MR) is 90.0 cm³/mol. The van der Waals surface area contributed by atoms with Gasteiger partial charge in [0.1, 0.15) is 10.0 Å². The van der Waals surface area contributed by atoms with Gasteiger partial charge in [0.25, 0.3) is 0 Å². The third-order valence-electron chi connectivity index (χ3n) is 3.67. The van der Waals surface area contributed by atoms with Gasteiger partial charge in [0.2, 0.25) is 0 Å². The zero-order chi connectivity index (χ0) is 15.1. The second-order valence-electron chi connectivity index (χ2n) is 5.85. The molecule has 2 rings (SSSR count). The molecule has 21 heavy (non-hydrogen) atoms. The lowest BCUT2D eigenvalue weighted by Crippen LogP contribution is -2.18. The van der Waals surface area contributed by atoms with Gasteiger partial charge in [-0.3, -0.25) is 0 Å². The maximum absolute atomic E-state index is 4.43. The van der Waals surface area contributed by atoms with Crippen molar-refractivity contribution < 1.29 is 0 Å². The number of hydrogen-bond acceptors (Lipinski definition) is 4. The van der Waals surface area contributed by atoms with Crippen molar-refractivity contribution in [2.75, 3.05) is 13.1 Å². The topological polar surface area (TPSA) is 37.8 Å². The molecule has 3 nitrogen and oxygen atoms in total. The van der Waals surface area contributed by atoms with Crippen molar-refractivity contribution in [3.8, 4) is 0 Å². The summed E-state index contributed by atoms with van der Waals surface area (Å²) >= 11 is 1.75. The molecule has 0 atom stereocenters. The van der Waals surface area contributed by atoms with Gasteiger partial charge in [0.05, 0.1) is 0 Å². The Morgan fingerprint density at radius 1 is 1.10 bits per heavy atom. The lowest BCUT2D eigenvalue weighted by atomic mass is 9.85. The molecule has 1 aromatic heterocycles. The van der Waals surface area contributed by atoms with Crippen LogP contribution in [0, 0.1) is 0 Å². The van der Waals surface area contributed by atoms with Crippen LogP contribution in [0.4, 0.5) is 0 Å². The quantitative estimate of drug-likeness (QED) is 0.754. The summed E-state index contributed by atoms with van der Waals surface area (Å²) in [6.45, 7) is 8.79. The summed E-state index contributed by atoms with van der Waals surface area (Å²) in [5, 5.41) is 14.5. The van der Waals surface area contributed by atoms with Crippen LogP contribution >= 0.6 is 11.3 Å². The van der Waals surface area contributed by atoms with Gasteiger partial charge in [0.15, 0.2) is 0 Å². The first kappa shape index (κ1) is 16.1. The van der Waals surface area contributed by atoms with Crippen molar-refractivity contribution in [2.24, 2.45) is 0 Å². The normalized spacial score (nSPS) is 11.8. The van der Waals surface area contributed by atoms with Crippen LogP contribution in [0.3, 0.4) is 0 Å². The van der Waals surface area contributed by atoms with E-state index in [2.05, 4.69) is 66.6 Å². The average molecular weight is 303 g/mol. The van der Waals surface area contributed by atoms with E-state index in [9.17, 15) is 0 Å². The standard InChI is InChI=1S/C17H25N3S/c1-4-12-18-13-8-11-15-19-20-16(21-15)17(2,3)14-9-6-5-7-10-14/h5-7,9-10,18H,4,8,11-13H2,1-3H3. The second-order valence-corrected chi connectivity index (χ2v) is 6.91. The third-order valence-corrected chi connectivity index (χ3v) is 4.97. The Bertz CT molecular complexity index is 534. The highest BCUT2D eigenvalue weighted by molar-refractivity contribution is 7.11. The highest BCUT2D eigenvalue weighted by Crippen LogP contribution is 2.33. The van der Waals surface area contributed by atoms with E-state index in [1.54, 1.807) is 11.3 Å². The molecule has 0 aliphatic rings. The molecule has 0 amide bonds. The first-order valence-electron chi connectivity index (χ1n) is 7.73. The van der Waals surface area contributed by atoms with Crippen molar-refractivity contribution in [1.82, 2.24) is 15.5 Å². The Morgan fingerprint density at radius 2 is 1.86 bits per heavy atom. The Labute approximate surface area is 131 Å². The second kappa shape index (κ2) is 7.66. The van der Waals surface area contributed by atoms with E-state index in [1.807, 2.05) is 0 Å². The van der Waals surface area contributed by atoms with Gasteiger partial charge in [-0.2, -0.15) is 0 Å². The highest BCUT2D eigenvalue weighted by Gasteiger charge is 2.27. The van der Waals surface area contributed by atoms with Gasteiger partial charge in [0, 0.05) is 11.8 Å². The molecular formula is C17H25N3S. The number of hydrogen-bond donors (Lipinski definition) is 1. The summed E-state index contributed by atoms with van der Waals surface area (Å²) in [7, 11) is 0. The summed E-state index contributed by atoms with van der Waals surface area (Å²) < 4.78 is 0. The van der Waals surface area contributed by atoms with Crippen LogP contribution < -0.4 is 5.32 Å². The van der Waals surface area contributed by atoms with E-state index >= 15 is 0 Å². The van der Waals surface area contributed by atoms with Gasteiger partial charge in [-0.05, 0) is 45.3 Å². The number of rotatable bonds is 8. The maximum atomic E-state index is 4.43. The summed E-state index contributed by atoms with van der Waals surface area (Å²) in [6, 6.07) is 10.5. The SMILES string of the molecule is CCCNCCCc1nnc(C(C)(C)c2ccccc2)s1. The Morgan fingerprint density at radius 3 is 2.57 bits per heavy atom. The molecule has 0 fully saturated rings. The number of nitrogens with zero attached hydrogens (tertiary/aromatic N) is 2. The van der Waals surface area contributed by atoms with Crippen LogP contribution in [0.5, 0.6) is 0 Å². The number of aromatic nitrogens is 2. The van der Waals surface area contributed by atoms with E-state index in [-0.39, 0.29) is 5.41 Å². The molecule has 1 aromatic carbocycles. The van der Waals surface area contributed by atoms with Crippen LogP contribution in [0.2, 0.25) is 0 Å². The van der Waals surface area contributed by atoms with Gasteiger partial charge in [-0.25, -0.2) is 0 Å². The molecule has 0 radical (unpaired) electrons. The molecule has 1 N–H and O–H groups in total. The van der Waals surface area contributed by atoms with Crippen molar-refractivity contribution in [2.45, 2.75) is 45.4 Å². The van der Waals surface area contributed by atoms with E-state index < -0.39 is 0 Å². The van der Waals surface area contributed by atoms with E-state index in [4.69, 9.17) is 0 Å². The fourth-order valence-electron chi connectivity index (χ4n) is 2.25. The molecule has 0 aliphatic heterocycles. The van der Waals surface area contributed by atoms with Gasteiger partial charge in [-0.1, -0.05) is 37.3 Å². The number of benzene rings is 1. The largest absolute Gasteiger partial charge is 0.317 e. The van der Waals surface area contributed by atoms with E-state index in [0.29, 0.717) is 0 Å². The molecule has 0 bridgehead atoms. The van der Waals surface area contributed by atoms with Crippen molar-refractivity contribution in [3.63, 3.8) is 0 Å². The Kier molecular flexibility index (Phi) is 5.88. The Balaban J connectivity index is 1.96. The zero-order valence-corrected chi connectivity index (χ0v) is 14.0. The summed E-state index contributed by atoms with van der Waals surface area (Å²) in [5.74, 6) is 0. The van der Waals surface area contributed by atoms with Gasteiger partial charge < -0.3 is 5.32 Å². The van der Waals surface area contributed by atoms with Gasteiger partial charge in [-0.15, -0.1) is 21.5 Å². The van der Waals surface area contributed by atoms with Crippen molar-refractivity contribution in [3.05, 3.63) is 45.9 Å². The molecule has 0 aliphatic carbocycles. The van der Waals surface area contributed by atoms with Crippen LogP contribution in [-0.2, 0) is 11.8 Å². The highest BCUT2D eigenvalue weighted by atomic mass is 32.1. The molecule has 114 valence electrons. The van der Waals surface area contributed by atoms with Gasteiger partial charge >= 0.3 is 0 Å². The summed E-state index contributed by atoms with van der Waals surface area (Å²) in [6.07, 6.45) is 3.33. The molecule has 0 saturated heterocycles. The smallest absolute Gasteiger partial charge is 0.127 e. The van der Waals surface area contributed by atoms with E-state index in [1.165, 1.54) is 12.0 Å². The van der Waals surface area contributed by atoms with Crippen LogP contribution in [0.15, 0.2) is 30.3 Å². The first-order valence-corrected chi connectivity index (χ1v) is 8.55. The lowest BCUT2D eigenvalue weighted by molar-refractivity contribution is 0.622. The minimum Gasteiger partial charge on any atom is -0.317 e. The molecule has 0 unspecified atom stereocenters. The molecular weight excluding hydrogens is 278 g/mol. The van der Waals surface area contributed by atoms with Crippen molar-refractivity contribution in [1.29, 1.82) is 0 Å². The molecule has 1 heterocycles. The fraction of sp³-hybridized carbons (Fsp3) is 0.529.